The number of carboxylic acids is 1. The van der Waals surface area contributed by atoms with Gasteiger partial charge in [0.1, 0.15) is 0 Å². The van der Waals surface area contributed by atoms with E-state index in [9.17, 15) is 18.9 Å². The van der Waals surface area contributed by atoms with E-state index in [1.807, 2.05) is 31.2 Å². The second kappa shape index (κ2) is 9.19. The Kier molecular flexibility index (Phi) is 6.65. The van der Waals surface area contributed by atoms with Crippen LogP contribution in [0.1, 0.15) is 26.3 Å². The molecule has 1 unspecified atom stereocenters. The Morgan fingerprint density at radius 3 is 2.38 bits per heavy atom. The normalized spacial score (nSPS) is 11.5. The summed E-state index contributed by atoms with van der Waals surface area (Å²) in [5.41, 5.74) is 1.99. The van der Waals surface area contributed by atoms with E-state index < -0.39 is 22.9 Å². The maximum atomic E-state index is 12.8. The van der Waals surface area contributed by atoms with Crippen LogP contribution in [0.15, 0.2) is 71.6 Å². The Hall–Kier alpha value is -2.72. The summed E-state index contributed by atoms with van der Waals surface area (Å²) in [6.45, 7) is 1.82. The average molecular weight is 521 g/mol. The van der Waals surface area contributed by atoms with Crippen molar-refractivity contribution in [1.82, 2.24) is 0 Å². The predicted molar refractivity (Wildman–Crippen MR) is 123 cm³/mol. The Balaban J connectivity index is 1.83. The Morgan fingerprint density at radius 1 is 1.00 bits per heavy atom. The van der Waals surface area contributed by atoms with Gasteiger partial charge in [-0.05, 0) is 72.0 Å². The van der Waals surface area contributed by atoms with Crippen LogP contribution >= 0.6 is 22.6 Å². The lowest BCUT2D eigenvalue weighted by Gasteiger charge is -2.09. The molecule has 0 fully saturated rings. The quantitative estimate of drug-likeness (QED) is 0.251. The molecule has 0 aliphatic carbocycles. The highest BCUT2D eigenvalue weighted by molar-refractivity contribution is 14.1. The molecule has 6 nitrogen and oxygen atoms in total. The molecular formula is C21H18IN2O4S+. The summed E-state index contributed by atoms with van der Waals surface area (Å²) in [6, 6.07) is 18.6. The van der Waals surface area contributed by atoms with Crippen molar-refractivity contribution in [2.24, 2.45) is 0 Å². The van der Waals surface area contributed by atoms with Crippen LogP contribution in [0, 0.1) is 10.5 Å². The molecule has 0 saturated carbocycles. The highest BCUT2D eigenvalue weighted by atomic mass is 127. The first-order valence-electron chi connectivity index (χ1n) is 8.59. The van der Waals surface area contributed by atoms with Crippen LogP contribution in [-0.2, 0) is 15.2 Å². The van der Waals surface area contributed by atoms with Crippen molar-refractivity contribution in [2.75, 3.05) is 10.0 Å². The summed E-state index contributed by atoms with van der Waals surface area (Å²) in [5, 5.41) is 11.9. The maximum absolute atomic E-state index is 12.8. The molecule has 0 bridgehead atoms. The molecule has 0 heterocycles. The molecule has 1 atom stereocenters. The minimum Gasteiger partial charge on any atom is -0.478 e. The van der Waals surface area contributed by atoms with Crippen LogP contribution in [-0.4, -0.2) is 17.0 Å². The summed E-state index contributed by atoms with van der Waals surface area (Å²) in [7, 11) is -1.98. The number of aryl methyl sites for hydroxylation is 1. The van der Waals surface area contributed by atoms with E-state index in [1.54, 1.807) is 30.3 Å². The number of thiol groups is 1. The van der Waals surface area contributed by atoms with Gasteiger partial charge in [0.2, 0.25) is 0 Å². The number of rotatable bonds is 6. The molecule has 1 amide bonds. The van der Waals surface area contributed by atoms with Crippen LogP contribution in [0.4, 0.5) is 11.4 Å². The van der Waals surface area contributed by atoms with Gasteiger partial charge in [0, 0.05) is 20.8 Å². The third-order valence-electron chi connectivity index (χ3n) is 4.17. The summed E-state index contributed by atoms with van der Waals surface area (Å²) in [5.74, 6) is -1.60. The third kappa shape index (κ3) is 5.21. The van der Waals surface area contributed by atoms with E-state index in [4.69, 9.17) is 0 Å². The molecule has 3 aromatic carbocycles. The van der Waals surface area contributed by atoms with E-state index in [0.717, 1.165) is 14.8 Å². The Labute approximate surface area is 184 Å². The number of carbonyl (C=O) groups excluding carboxylic acids is 1. The molecule has 3 aromatic rings. The van der Waals surface area contributed by atoms with Gasteiger partial charge in [0.25, 0.3) is 5.91 Å². The number of aromatic carboxylic acids is 1. The Morgan fingerprint density at radius 2 is 1.69 bits per heavy atom. The first-order valence-corrected chi connectivity index (χ1v) is 10.9. The molecule has 0 saturated heterocycles. The predicted octanol–water partition coefficient (Wildman–Crippen LogP) is 4.63. The molecular weight excluding hydrogens is 503 g/mol. The minimum atomic E-state index is -1.98. The average Bonchev–Trinajstić information content (AvgIpc) is 2.70. The maximum Gasteiger partial charge on any atom is 0.337 e. The number of carboxylic acid groups (broad SMARTS) is 1. The van der Waals surface area contributed by atoms with Gasteiger partial charge in [-0.25, -0.2) is 9.52 Å². The lowest BCUT2D eigenvalue weighted by molar-refractivity contribution is 0.0698. The topological polar surface area (TPSA) is 95.5 Å². The van der Waals surface area contributed by atoms with Crippen molar-refractivity contribution in [3.63, 3.8) is 0 Å². The minimum absolute atomic E-state index is 0.000335. The van der Waals surface area contributed by atoms with E-state index in [2.05, 4.69) is 32.6 Å². The van der Waals surface area contributed by atoms with Gasteiger partial charge in [-0.3, -0.25) is 4.79 Å². The lowest BCUT2D eigenvalue weighted by atomic mass is 10.1. The zero-order chi connectivity index (χ0) is 21.0. The van der Waals surface area contributed by atoms with Gasteiger partial charge in [-0.1, -0.05) is 22.4 Å². The largest absolute Gasteiger partial charge is 0.478 e. The second-order valence-corrected chi connectivity index (χ2v) is 8.76. The molecule has 0 aliphatic heterocycles. The molecule has 0 aromatic heterocycles. The van der Waals surface area contributed by atoms with Gasteiger partial charge in [0.05, 0.1) is 16.9 Å². The molecule has 148 valence electrons. The number of carbonyl (C=O) groups is 2. The van der Waals surface area contributed by atoms with Crippen molar-refractivity contribution >= 4 is 56.8 Å². The zero-order valence-electron chi connectivity index (χ0n) is 15.3. The zero-order valence-corrected chi connectivity index (χ0v) is 18.4. The molecule has 3 N–H and O–H groups in total. The smallest absolute Gasteiger partial charge is 0.337 e. The highest BCUT2D eigenvalue weighted by Gasteiger charge is 2.19. The standard InChI is InChI=1S/C21H17IN2O4S/c1-13-6-7-14(20(25)23-18-5-3-2-4-17(18)21(26)27)12-19(13)29(28)24-16-10-8-15(22)9-11-16/h2-12H,1H3,(H,23,25)(H,24,28)(H,26,27)/p+1. The van der Waals surface area contributed by atoms with Crippen molar-refractivity contribution in [3.8, 4) is 0 Å². The fourth-order valence-corrected chi connectivity index (χ4v) is 4.16. The van der Waals surface area contributed by atoms with Gasteiger partial charge in [-0.15, -0.1) is 0 Å². The monoisotopic (exact) mass is 521 g/mol. The van der Waals surface area contributed by atoms with Crippen LogP contribution in [0.2, 0.25) is 0 Å². The summed E-state index contributed by atoms with van der Waals surface area (Å²) < 4.78 is 16.9. The number of nitrogens with one attached hydrogen (secondary N) is 2. The van der Waals surface area contributed by atoms with Gasteiger partial charge in [0.15, 0.2) is 15.9 Å². The third-order valence-corrected chi connectivity index (χ3v) is 6.27. The molecule has 0 radical (unpaired) electrons. The van der Waals surface area contributed by atoms with Crippen molar-refractivity contribution in [3.05, 3.63) is 87.0 Å². The van der Waals surface area contributed by atoms with Gasteiger partial charge >= 0.3 is 5.97 Å². The number of hydrogen-bond donors (Lipinski definition) is 3. The number of para-hydroxylation sites is 1. The Bertz CT molecular complexity index is 1100. The molecule has 29 heavy (non-hydrogen) atoms. The van der Waals surface area contributed by atoms with Crippen molar-refractivity contribution in [1.29, 1.82) is 0 Å². The van der Waals surface area contributed by atoms with Crippen LogP contribution in [0.25, 0.3) is 0 Å². The summed E-state index contributed by atoms with van der Waals surface area (Å²) >= 11 is 2.19. The fraction of sp³-hybridized carbons (Fsp3) is 0.0476. The number of anilines is 2. The van der Waals surface area contributed by atoms with E-state index in [1.165, 1.54) is 12.1 Å². The highest BCUT2D eigenvalue weighted by Crippen LogP contribution is 2.21. The second-order valence-electron chi connectivity index (χ2n) is 6.22. The first-order chi connectivity index (χ1) is 13.8. The number of hydrogen-bond acceptors (Lipinski definition) is 3. The van der Waals surface area contributed by atoms with Crippen LogP contribution in [0.5, 0.6) is 0 Å². The van der Waals surface area contributed by atoms with Gasteiger partial charge < -0.3 is 10.4 Å². The SMILES string of the molecule is Cc1ccc(C(=O)Nc2ccccc2C(=O)O)cc1[SH+](=O)Nc1ccc(I)cc1. The van der Waals surface area contributed by atoms with Crippen molar-refractivity contribution < 1.29 is 18.9 Å². The molecule has 0 spiro atoms. The van der Waals surface area contributed by atoms with E-state index >= 15 is 0 Å². The van der Waals surface area contributed by atoms with Crippen LogP contribution < -0.4 is 10.0 Å². The van der Waals surface area contributed by atoms with E-state index in [0.29, 0.717) is 10.5 Å². The van der Waals surface area contributed by atoms with E-state index in [-0.39, 0.29) is 11.3 Å². The lowest BCUT2D eigenvalue weighted by Crippen LogP contribution is -2.16. The fourth-order valence-electron chi connectivity index (χ4n) is 2.64. The number of halogens is 1. The van der Waals surface area contributed by atoms with Crippen LogP contribution in [0.3, 0.4) is 0 Å². The molecule has 3 rings (SSSR count). The van der Waals surface area contributed by atoms with Crippen molar-refractivity contribution in [2.45, 2.75) is 11.8 Å². The molecule has 8 heteroatoms. The number of amides is 1. The molecule has 0 aliphatic rings. The first kappa shape index (κ1) is 21.0. The number of benzene rings is 3. The van der Waals surface area contributed by atoms with Gasteiger partial charge in [-0.2, -0.15) is 0 Å². The summed E-state index contributed by atoms with van der Waals surface area (Å²) in [4.78, 5) is 24.5. The summed E-state index contributed by atoms with van der Waals surface area (Å²) in [6.07, 6.45) is 0.